The van der Waals surface area contributed by atoms with Gasteiger partial charge in [-0.3, -0.25) is 0 Å². The summed E-state index contributed by atoms with van der Waals surface area (Å²) < 4.78 is 13.0. The van der Waals surface area contributed by atoms with Crippen LogP contribution in [-0.2, 0) is 0 Å². The summed E-state index contributed by atoms with van der Waals surface area (Å²) in [7, 11) is 0. The van der Waals surface area contributed by atoms with Crippen LogP contribution < -0.4 is 15.5 Å². The Labute approximate surface area is 162 Å². The molecule has 2 N–H and O–H groups in total. The molecule has 0 saturated carbocycles. The number of piperidine rings is 1. The third-order valence-electron chi connectivity index (χ3n) is 5.66. The molecule has 1 aromatic rings. The maximum absolute atomic E-state index is 13.0. The standard InChI is InChI=1S/C21H33FN4O/c1-17(15-25-10-3-2-4-11-25)13-23-21(27)24-14-18-9-12-26(16-18)20-7-5-19(22)6-8-20/h5-8,17-18H,2-4,9-16H2,1H3,(H2,23,24,27)/t17-,18+/m0/s1. The summed E-state index contributed by atoms with van der Waals surface area (Å²) in [5, 5.41) is 6.03. The van der Waals surface area contributed by atoms with Crippen LogP contribution in [0.5, 0.6) is 0 Å². The number of likely N-dealkylation sites (tertiary alicyclic amines) is 1. The van der Waals surface area contributed by atoms with Gasteiger partial charge in [-0.25, -0.2) is 9.18 Å². The SMILES string of the molecule is C[C@@H](CNC(=O)NC[C@H]1CCN(c2ccc(F)cc2)C1)CN1CCCCC1. The number of nitrogens with one attached hydrogen (secondary N) is 2. The minimum atomic E-state index is -0.206. The quantitative estimate of drug-likeness (QED) is 0.769. The molecule has 3 rings (SSSR count). The number of nitrogens with zero attached hydrogens (tertiary/aromatic N) is 2. The molecule has 5 nitrogen and oxygen atoms in total. The largest absolute Gasteiger partial charge is 0.371 e. The molecule has 6 heteroatoms. The second kappa shape index (κ2) is 9.93. The van der Waals surface area contributed by atoms with Crippen molar-refractivity contribution in [3.05, 3.63) is 30.1 Å². The van der Waals surface area contributed by atoms with E-state index in [2.05, 4.69) is 27.4 Å². The molecule has 27 heavy (non-hydrogen) atoms. The predicted octanol–water partition coefficient (Wildman–Crippen LogP) is 3.07. The number of amides is 2. The molecule has 0 aromatic heterocycles. The Balaban J connectivity index is 1.30. The second-order valence-corrected chi connectivity index (χ2v) is 8.13. The van der Waals surface area contributed by atoms with Crippen LogP contribution in [-0.4, -0.2) is 56.7 Å². The van der Waals surface area contributed by atoms with E-state index in [1.54, 1.807) is 0 Å². The highest BCUT2D eigenvalue weighted by molar-refractivity contribution is 5.73. The first-order valence-corrected chi connectivity index (χ1v) is 10.3. The molecular formula is C21H33FN4O. The summed E-state index contributed by atoms with van der Waals surface area (Å²) in [6.45, 7) is 8.91. The molecule has 2 fully saturated rings. The van der Waals surface area contributed by atoms with Gasteiger partial charge in [0.1, 0.15) is 5.82 Å². The second-order valence-electron chi connectivity index (χ2n) is 8.13. The molecule has 150 valence electrons. The lowest BCUT2D eigenvalue weighted by Crippen LogP contribution is -2.42. The summed E-state index contributed by atoms with van der Waals surface area (Å²) in [5.74, 6) is 0.697. The highest BCUT2D eigenvalue weighted by Gasteiger charge is 2.23. The number of urea groups is 1. The molecule has 2 aliphatic rings. The highest BCUT2D eigenvalue weighted by atomic mass is 19.1. The van der Waals surface area contributed by atoms with Crippen molar-refractivity contribution in [1.29, 1.82) is 0 Å². The number of rotatable bonds is 7. The Kier molecular flexibility index (Phi) is 7.33. The number of halogens is 1. The van der Waals surface area contributed by atoms with Crippen molar-refractivity contribution in [3.8, 4) is 0 Å². The van der Waals surface area contributed by atoms with Gasteiger partial charge in [0.25, 0.3) is 0 Å². The normalized spacial score (nSPS) is 21.9. The Morgan fingerprint density at radius 1 is 1.15 bits per heavy atom. The van der Waals surface area contributed by atoms with Gasteiger partial charge >= 0.3 is 6.03 Å². The summed E-state index contributed by atoms with van der Waals surface area (Å²) in [5.41, 5.74) is 1.05. The lowest BCUT2D eigenvalue weighted by molar-refractivity contribution is 0.197. The van der Waals surface area contributed by atoms with Crippen molar-refractivity contribution in [2.24, 2.45) is 11.8 Å². The molecular weight excluding hydrogens is 343 g/mol. The molecule has 2 aliphatic heterocycles. The third-order valence-corrected chi connectivity index (χ3v) is 5.66. The monoisotopic (exact) mass is 376 g/mol. The van der Waals surface area contributed by atoms with Gasteiger partial charge < -0.3 is 20.4 Å². The average molecular weight is 377 g/mol. The number of hydrogen-bond donors (Lipinski definition) is 2. The fourth-order valence-corrected chi connectivity index (χ4v) is 4.10. The molecule has 0 radical (unpaired) electrons. The predicted molar refractivity (Wildman–Crippen MR) is 108 cm³/mol. The summed E-state index contributed by atoms with van der Waals surface area (Å²) >= 11 is 0. The van der Waals surface area contributed by atoms with E-state index in [1.165, 1.54) is 44.5 Å². The fraction of sp³-hybridized carbons (Fsp3) is 0.667. The zero-order valence-corrected chi connectivity index (χ0v) is 16.4. The van der Waals surface area contributed by atoms with Gasteiger partial charge in [-0.2, -0.15) is 0 Å². The van der Waals surface area contributed by atoms with Gasteiger partial charge in [-0.05, 0) is 68.5 Å². The van der Waals surface area contributed by atoms with Crippen molar-refractivity contribution in [3.63, 3.8) is 0 Å². The maximum atomic E-state index is 13.0. The molecule has 2 atom stereocenters. The molecule has 1 aromatic carbocycles. The van der Waals surface area contributed by atoms with Crippen LogP contribution in [0.25, 0.3) is 0 Å². The zero-order chi connectivity index (χ0) is 19.1. The smallest absolute Gasteiger partial charge is 0.314 e. The first kappa shape index (κ1) is 19.9. The lowest BCUT2D eigenvalue weighted by atomic mass is 10.1. The lowest BCUT2D eigenvalue weighted by Gasteiger charge is -2.29. The van der Waals surface area contributed by atoms with Gasteiger partial charge in [-0.1, -0.05) is 13.3 Å². The van der Waals surface area contributed by atoms with E-state index in [1.807, 2.05) is 12.1 Å². The van der Waals surface area contributed by atoms with E-state index in [-0.39, 0.29) is 11.8 Å². The molecule has 2 heterocycles. The van der Waals surface area contributed by atoms with Crippen LogP contribution in [0, 0.1) is 17.7 Å². The van der Waals surface area contributed by atoms with Gasteiger partial charge in [-0.15, -0.1) is 0 Å². The van der Waals surface area contributed by atoms with E-state index in [0.29, 0.717) is 24.9 Å². The van der Waals surface area contributed by atoms with Gasteiger partial charge in [0.15, 0.2) is 0 Å². The number of carbonyl (C=O) groups is 1. The summed E-state index contributed by atoms with van der Waals surface area (Å²) in [6.07, 6.45) is 5.00. The highest BCUT2D eigenvalue weighted by Crippen LogP contribution is 2.23. The van der Waals surface area contributed by atoms with Crippen LogP contribution >= 0.6 is 0 Å². The molecule has 2 saturated heterocycles. The van der Waals surface area contributed by atoms with E-state index < -0.39 is 0 Å². The van der Waals surface area contributed by atoms with Gasteiger partial charge in [0, 0.05) is 38.4 Å². The minimum Gasteiger partial charge on any atom is -0.371 e. The Bertz CT molecular complexity index is 588. The molecule has 0 spiro atoms. The molecule has 0 unspecified atom stereocenters. The zero-order valence-electron chi connectivity index (χ0n) is 16.4. The summed E-state index contributed by atoms with van der Waals surface area (Å²) in [4.78, 5) is 16.9. The van der Waals surface area contributed by atoms with Gasteiger partial charge in [0.05, 0.1) is 0 Å². The van der Waals surface area contributed by atoms with Crippen molar-refractivity contribution in [2.75, 3.05) is 50.7 Å². The topological polar surface area (TPSA) is 47.6 Å². The third kappa shape index (κ3) is 6.38. The number of hydrogen-bond acceptors (Lipinski definition) is 3. The fourth-order valence-electron chi connectivity index (χ4n) is 4.10. The Morgan fingerprint density at radius 2 is 1.89 bits per heavy atom. The number of benzene rings is 1. The van der Waals surface area contributed by atoms with E-state index in [9.17, 15) is 9.18 Å². The van der Waals surface area contributed by atoms with E-state index in [0.717, 1.165) is 31.7 Å². The van der Waals surface area contributed by atoms with Crippen LogP contribution in [0.4, 0.5) is 14.9 Å². The van der Waals surface area contributed by atoms with E-state index in [4.69, 9.17) is 0 Å². The van der Waals surface area contributed by atoms with Crippen molar-refractivity contribution in [2.45, 2.75) is 32.6 Å². The van der Waals surface area contributed by atoms with Crippen molar-refractivity contribution >= 4 is 11.7 Å². The van der Waals surface area contributed by atoms with Crippen LogP contribution in [0.15, 0.2) is 24.3 Å². The Morgan fingerprint density at radius 3 is 2.63 bits per heavy atom. The van der Waals surface area contributed by atoms with Crippen molar-refractivity contribution in [1.82, 2.24) is 15.5 Å². The Hall–Kier alpha value is -1.82. The van der Waals surface area contributed by atoms with Gasteiger partial charge in [0.2, 0.25) is 0 Å². The molecule has 2 amide bonds. The van der Waals surface area contributed by atoms with Crippen LogP contribution in [0.1, 0.15) is 32.6 Å². The van der Waals surface area contributed by atoms with Crippen LogP contribution in [0.2, 0.25) is 0 Å². The summed E-state index contributed by atoms with van der Waals surface area (Å²) in [6, 6.07) is 6.57. The molecule has 0 bridgehead atoms. The van der Waals surface area contributed by atoms with Crippen LogP contribution in [0.3, 0.4) is 0 Å². The molecule has 0 aliphatic carbocycles. The first-order chi connectivity index (χ1) is 13.1. The number of anilines is 1. The van der Waals surface area contributed by atoms with E-state index >= 15 is 0 Å². The maximum Gasteiger partial charge on any atom is 0.314 e. The average Bonchev–Trinajstić information content (AvgIpc) is 3.15. The minimum absolute atomic E-state index is 0.0688. The first-order valence-electron chi connectivity index (χ1n) is 10.3. The van der Waals surface area contributed by atoms with Crippen molar-refractivity contribution < 1.29 is 9.18 Å². The number of carbonyl (C=O) groups excluding carboxylic acids is 1.